The Hall–Kier alpha value is -0.890. The maximum atomic E-state index is 13.2. The number of thiazole rings is 1. The quantitative estimate of drug-likeness (QED) is 0.376. The Bertz CT molecular complexity index is 960. The average molecular weight is 524 g/mol. The van der Waals surface area contributed by atoms with Crippen molar-refractivity contribution in [3.8, 4) is 0 Å². The molecule has 0 aliphatic rings. The van der Waals surface area contributed by atoms with Gasteiger partial charge in [-0.15, -0.1) is 12.4 Å². The third kappa shape index (κ3) is 5.81. The lowest BCUT2D eigenvalue weighted by molar-refractivity contribution is 0.0986. The third-order valence-electron chi connectivity index (χ3n) is 3.91. The second-order valence-electron chi connectivity index (χ2n) is 6.38. The van der Waals surface area contributed by atoms with Crippen LogP contribution in [0.4, 0.5) is 5.13 Å². The number of carbonyl (C=O) groups excluding carboxylic acids is 1. The zero-order valence-corrected chi connectivity index (χ0v) is 20.0. The largest absolute Gasteiger partial charge is 0.309 e. The topological polar surface area (TPSA) is 36.4 Å². The van der Waals surface area contributed by atoms with Crippen molar-refractivity contribution in [3.05, 3.63) is 56.5 Å². The van der Waals surface area contributed by atoms with Gasteiger partial charge in [-0.1, -0.05) is 50.5 Å². The predicted molar refractivity (Wildman–Crippen MR) is 126 cm³/mol. The van der Waals surface area contributed by atoms with Crippen LogP contribution in [-0.2, 0) is 0 Å². The van der Waals surface area contributed by atoms with E-state index in [1.54, 1.807) is 23.1 Å². The van der Waals surface area contributed by atoms with Crippen LogP contribution in [0.5, 0.6) is 0 Å². The minimum Gasteiger partial charge on any atom is -0.309 e. The summed E-state index contributed by atoms with van der Waals surface area (Å²) in [4.78, 5) is 21.7. The first-order valence-corrected chi connectivity index (χ1v) is 10.7. The summed E-state index contributed by atoms with van der Waals surface area (Å²) in [5, 5.41) is 1.54. The molecule has 0 aliphatic carbocycles. The molecule has 0 aliphatic heterocycles. The van der Waals surface area contributed by atoms with E-state index in [-0.39, 0.29) is 18.3 Å². The molecular weight excluding hydrogens is 505 g/mol. The van der Waals surface area contributed by atoms with Crippen molar-refractivity contribution in [1.82, 2.24) is 9.88 Å². The Morgan fingerprint density at radius 1 is 1.11 bits per heavy atom. The second-order valence-corrected chi connectivity index (χ2v) is 9.18. The first kappa shape index (κ1) is 23.4. The van der Waals surface area contributed by atoms with E-state index in [1.807, 2.05) is 32.3 Å². The molecule has 0 saturated heterocycles. The number of rotatable bonds is 6. The van der Waals surface area contributed by atoms with Gasteiger partial charge in [0, 0.05) is 26.6 Å². The molecule has 0 atom stereocenters. The molecule has 0 radical (unpaired) electrons. The Morgan fingerprint density at radius 3 is 2.43 bits per heavy atom. The molecule has 0 unspecified atom stereocenters. The molecule has 150 valence electrons. The fourth-order valence-corrected chi connectivity index (χ4v) is 4.73. The molecule has 3 rings (SSSR count). The van der Waals surface area contributed by atoms with Gasteiger partial charge in [0.25, 0.3) is 5.91 Å². The minimum atomic E-state index is -0.156. The van der Waals surface area contributed by atoms with Crippen molar-refractivity contribution in [2.75, 3.05) is 32.1 Å². The van der Waals surface area contributed by atoms with Gasteiger partial charge in [0.15, 0.2) is 5.13 Å². The van der Waals surface area contributed by atoms with Crippen LogP contribution in [0.25, 0.3) is 10.2 Å². The number of hydrogen-bond acceptors (Lipinski definition) is 4. The lowest BCUT2D eigenvalue weighted by Gasteiger charge is -2.21. The maximum absolute atomic E-state index is 13.2. The SMILES string of the molecule is CN(C)CCCN(C(=O)c1cc(Cl)cc(Cl)c1)c1nc2ccc(Br)cc2s1.Cl. The predicted octanol–water partition coefficient (Wildman–Crippen LogP) is 6.39. The van der Waals surface area contributed by atoms with Gasteiger partial charge >= 0.3 is 0 Å². The van der Waals surface area contributed by atoms with Crippen molar-refractivity contribution in [2.45, 2.75) is 6.42 Å². The van der Waals surface area contributed by atoms with E-state index in [0.29, 0.717) is 27.3 Å². The molecular formula is C19H19BrCl3N3OS. The summed E-state index contributed by atoms with van der Waals surface area (Å²) in [5.74, 6) is -0.156. The van der Waals surface area contributed by atoms with Crippen LogP contribution < -0.4 is 4.90 Å². The lowest BCUT2D eigenvalue weighted by atomic mass is 10.2. The highest BCUT2D eigenvalue weighted by Gasteiger charge is 2.22. The number of benzene rings is 2. The molecule has 1 aromatic heterocycles. The summed E-state index contributed by atoms with van der Waals surface area (Å²) >= 11 is 17.2. The minimum absolute atomic E-state index is 0. The third-order valence-corrected chi connectivity index (χ3v) is 5.88. The van der Waals surface area contributed by atoms with Crippen molar-refractivity contribution >= 4 is 84.1 Å². The summed E-state index contributed by atoms with van der Waals surface area (Å²) in [7, 11) is 4.02. The van der Waals surface area contributed by atoms with Gasteiger partial charge in [0.2, 0.25) is 0 Å². The molecule has 1 amide bonds. The normalized spacial score (nSPS) is 10.9. The molecule has 0 N–H and O–H groups in total. The molecule has 4 nitrogen and oxygen atoms in total. The number of nitrogens with zero attached hydrogens (tertiary/aromatic N) is 3. The van der Waals surface area contributed by atoms with E-state index in [1.165, 1.54) is 11.3 Å². The van der Waals surface area contributed by atoms with Crippen LogP contribution in [0.1, 0.15) is 16.8 Å². The zero-order valence-electron chi connectivity index (χ0n) is 15.3. The molecule has 9 heteroatoms. The summed E-state index contributed by atoms with van der Waals surface area (Å²) < 4.78 is 2.01. The molecule has 0 saturated carbocycles. The number of aromatic nitrogens is 1. The van der Waals surface area contributed by atoms with Gasteiger partial charge in [-0.3, -0.25) is 9.69 Å². The highest BCUT2D eigenvalue weighted by Crippen LogP contribution is 2.32. The van der Waals surface area contributed by atoms with Gasteiger partial charge < -0.3 is 4.90 Å². The van der Waals surface area contributed by atoms with Crippen LogP contribution >= 0.6 is 62.9 Å². The van der Waals surface area contributed by atoms with Gasteiger partial charge in [0.05, 0.1) is 10.2 Å². The van der Waals surface area contributed by atoms with E-state index in [9.17, 15) is 4.79 Å². The molecule has 0 bridgehead atoms. The number of fused-ring (bicyclic) bond motifs is 1. The Morgan fingerprint density at radius 2 is 1.79 bits per heavy atom. The Kier molecular flexibility index (Phi) is 8.55. The van der Waals surface area contributed by atoms with Crippen LogP contribution in [-0.4, -0.2) is 43.0 Å². The van der Waals surface area contributed by atoms with Crippen molar-refractivity contribution in [2.24, 2.45) is 0 Å². The molecule has 2 aromatic carbocycles. The van der Waals surface area contributed by atoms with Gasteiger partial charge in [-0.2, -0.15) is 0 Å². The fourth-order valence-electron chi connectivity index (χ4n) is 2.66. The van der Waals surface area contributed by atoms with Crippen LogP contribution in [0.3, 0.4) is 0 Å². The van der Waals surface area contributed by atoms with Crippen molar-refractivity contribution < 1.29 is 4.79 Å². The molecule has 28 heavy (non-hydrogen) atoms. The molecule has 0 spiro atoms. The monoisotopic (exact) mass is 521 g/mol. The van der Waals surface area contributed by atoms with Gasteiger partial charge in [-0.25, -0.2) is 4.98 Å². The number of carbonyl (C=O) groups is 1. The zero-order chi connectivity index (χ0) is 19.6. The van der Waals surface area contributed by atoms with E-state index >= 15 is 0 Å². The Labute approximate surface area is 193 Å². The van der Waals surface area contributed by atoms with Crippen LogP contribution in [0.15, 0.2) is 40.9 Å². The number of anilines is 1. The van der Waals surface area contributed by atoms with E-state index in [2.05, 4.69) is 25.8 Å². The maximum Gasteiger partial charge on any atom is 0.260 e. The van der Waals surface area contributed by atoms with Crippen LogP contribution in [0, 0.1) is 0 Å². The van der Waals surface area contributed by atoms with Gasteiger partial charge in [-0.05, 0) is 63.5 Å². The van der Waals surface area contributed by atoms with Gasteiger partial charge in [0.1, 0.15) is 0 Å². The second kappa shape index (κ2) is 10.2. The number of amides is 1. The molecule has 1 heterocycles. The smallest absolute Gasteiger partial charge is 0.260 e. The van der Waals surface area contributed by atoms with Crippen LogP contribution in [0.2, 0.25) is 10.0 Å². The molecule has 3 aromatic rings. The Balaban J connectivity index is 0.00000280. The lowest BCUT2D eigenvalue weighted by Crippen LogP contribution is -2.33. The standard InChI is InChI=1S/C19H18BrCl2N3OS.ClH/c1-24(2)6-3-7-25(18(26)12-8-14(21)11-15(22)9-12)19-23-16-5-4-13(20)10-17(16)27-19;/h4-5,8-11H,3,6-7H2,1-2H3;1H. The fraction of sp³-hybridized carbons (Fsp3) is 0.263. The first-order chi connectivity index (χ1) is 12.8. The number of hydrogen-bond donors (Lipinski definition) is 0. The van der Waals surface area contributed by atoms with E-state index in [0.717, 1.165) is 27.7 Å². The van der Waals surface area contributed by atoms with Crippen molar-refractivity contribution in [1.29, 1.82) is 0 Å². The van der Waals surface area contributed by atoms with E-state index < -0.39 is 0 Å². The summed E-state index contributed by atoms with van der Waals surface area (Å²) in [5.41, 5.74) is 1.32. The van der Waals surface area contributed by atoms with Crippen molar-refractivity contribution in [3.63, 3.8) is 0 Å². The highest BCUT2D eigenvalue weighted by atomic mass is 79.9. The highest BCUT2D eigenvalue weighted by molar-refractivity contribution is 9.10. The van der Waals surface area contributed by atoms with E-state index in [4.69, 9.17) is 23.2 Å². The number of halogens is 4. The summed E-state index contributed by atoms with van der Waals surface area (Å²) in [6.45, 7) is 1.43. The first-order valence-electron chi connectivity index (χ1n) is 8.32. The summed E-state index contributed by atoms with van der Waals surface area (Å²) in [6, 6.07) is 10.8. The summed E-state index contributed by atoms with van der Waals surface area (Å²) in [6.07, 6.45) is 0.826. The molecule has 0 fully saturated rings. The average Bonchev–Trinajstić information content (AvgIpc) is 2.99.